The molecule has 5 nitrogen and oxygen atoms in total. The lowest BCUT2D eigenvalue weighted by Crippen LogP contribution is -2.25. The Labute approximate surface area is 101 Å². The predicted molar refractivity (Wildman–Crippen MR) is 65.6 cm³/mol. The van der Waals surface area contributed by atoms with E-state index in [2.05, 4.69) is 11.3 Å². The van der Waals surface area contributed by atoms with E-state index in [0.717, 1.165) is 0 Å². The van der Waals surface area contributed by atoms with Crippen LogP contribution in [0.3, 0.4) is 0 Å². The highest BCUT2D eigenvalue weighted by atomic mass is 32.2. The molecule has 0 atom stereocenters. The van der Waals surface area contributed by atoms with E-state index in [4.69, 9.17) is 11.0 Å². The predicted octanol–water partition coefficient (Wildman–Crippen LogP) is 0.995. The molecule has 3 N–H and O–H groups in total. The SMILES string of the molecule is C=CCCNS(=O)(=O)c1ccc(C#N)cc1N. The molecule has 1 rings (SSSR count). The Kier molecular flexibility index (Phi) is 4.26. The summed E-state index contributed by atoms with van der Waals surface area (Å²) < 4.78 is 26.0. The largest absolute Gasteiger partial charge is 0.398 e. The summed E-state index contributed by atoms with van der Waals surface area (Å²) in [5, 5.41) is 8.65. The molecule has 0 aliphatic heterocycles. The van der Waals surface area contributed by atoms with Crippen LogP contribution in [0.1, 0.15) is 12.0 Å². The van der Waals surface area contributed by atoms with Gasteiger partial charge in [-0.25, -0.2) is 13.1 Å². The van der Waals surface area contributed by atoms with Crippen LogP contribution < -0.4 is 10.5 Å². The lowest BCUT2D eigenvalue weighted by atomic mass is 10.2. The van der Waals surface area contributed by atoms with Gasteiger partial charge in [-0.15, -0.1) is 6.58 Å². The average molecular weight is 251 g/mol. The van der Waals surface area contributed by atoms with Crippen molar-refractivity contribution < 1.29 is 8.42 Å². The fraction of sp³-hybridized carbons (Fsp3) is 0.182. The molecule has 0 amide bonds. The number of sulfonamides is 1. The Balaban J connectivity index is 3.00. The monoisotopic (exact) mass is 251 g/mol. The van der Waals surface area contributed by atoms with Crippen LogP contribution in [0.4, 0.5) is 5.69 Å². The van der Waals surface area contributed by atoms with E-state index in [1.807, 2.05) is 6.07 Å². The van der Waals surface area contributed by atoms with Crippen molar-refractivity contribution in [3.63, 3.8) is 0 Å². The number of hydrogen-bond acceptors (Lipinski definition) is 4. The summed E-state index contributed by atoms with van der Waals surface area (Å²) in [4.78, 5) is -0.0134. The topological polar surface area (TPSA) is 96.0 Å². The number of nitriles is 1. The molecule has 0 unspecified atom stereocenters. The van der Waals surface area contributed by atoms with Crippen molar-refractivity contribution in [2.24, 2.45) is 0 Å². The second kappa shape index (κ2) is 5.48. The van der Waals surface area contributed by atoms with Gasteiger partial charge in [0.15, 0.2) is 0 Å². The van der Waals surface area contributed by atoms with Crippen molar-refractivity contribution in [2.45, 2.75) is 11.3 Å². The highest BCUT2D eigenvalue weighted by Gasteiger charge is 2.16. The Morgan fingerprint density at radius 3 is 2.76 bits per heavy atom. The van der Waals surface area contributed by atoms with Crippen molar-refractivity contribution in [1.82, 2.24) is 4.72 Å². The Bertz CT molecular complexity index is 559. The van der Waals surface area contributed by atoms with Crippen molar-refractivity contribution in [1.29, 1.82) is 5.26 Å². The van der Waals surface area contributed by atoms with Gasteiger partial charge in [0.05, 0.1) is 17.3 Å². The van der Waals surface area contributed by atoms with Crippen LogP contribution in [0.5, 0.6) is 0 Å². The summed E-state index contributed by atoms with van der Waals surface area (Å²) in [5.74, 6) is 0. The fourth-order valence-corrected chi connectivity index (χ4v) is 2.39. The minimum absolute atomic E-state index is 0.0134. The first-order chi connectivity index (χ1) is 8.01. The molecule has 6 heteroatoms. The Morgan fingerprint density at radius 2 is 2.24 bits per heavy atom. The van der Waals surface area contributed by atoms with Crippen LogP contribution >= 0.6 is 0 Å². The van der Waals surface area contributed by atoms with Crippen molar-refractivity contribution >= 4 is 15.7 Å². The first kappa shape index (κ1) is 13.2. The molecule has 0 aliphatic carbocycles. The van der Waals surface area contributed by atoms with Gasteiger partial charge in [-0.1, -0.05) is 6.08 Å². The maximum absolute atomic E-state index is 11.8. The molecular formula is C11H13N3O2S. The lowest BCUT2D eigenvalue weighted by molar-refractivity contribution is 0.582. The van der Waals surface area contributed by atoms with Crippen molar-refractivity contribution in [2.75, 3.05) is 12.3 Å². The number of nitrogens with zero attached hydrogens (tertiary/aromatic N) is 1. The number of anilines is 1. The molecule has 1 aromatic rings. The van der Waals surface area contributed by atoms with Gasteiger partial charge >= 0.3 is 0 Å². The minimum Gasteiger partial charge on any atom is -0.398 e. The Morgan fingerprint density at radius 1 is 1.53 bits per heavy atom. The molecule has 0 heterocycles. The molecule has 17 heavy (non-hydrogen) atoms. The average Bonchev–Trinajstić information content (AvgIpc) is 2.28. The molecule has 0 saturated carbocycles. The van der Waals surface area contributed by atoms with Crippen LogP contribution in [0, 0.1) is 11.3 Å². The quantitative estimate of drug-likeness (QED) is 0.463. The molecule has 0 fully saturated rings. The van der Waals surface area contributed by atoms with E-state index >= 15 is 0 Å². The van der Waals surface area contributed by atoms with Gasteiger partial charge in [0.2, 0.25) is 10.0 Å². The van der Waals surface area contributed by atoms with Gasteiger partial charge in [0.1, 0.15) is 4.90 Å². The lowest BCUT2D eigenvalue weighted by Gasteiger charge is -2.08. The Hall–Kier alpha value is -1.84. The number of nitrogens with one attached hydrogen (secondary N) is 1. The summed E-state index contributed by atoms with van der Waals surface area (Å²) in [6, 6.07) is 5.96. The highest BCUT2D eigenvalue weighted by molar-refractivity contribution is 7.89. The molecule has 1 aromatic carbocycles. The molecule has 0 radical (unpaired) electrons. The summed E-state index contributed by atoms with van der Waals surface area (Å²) in [6.07, 6.45) is 2.15. The van der Waals surface area contributed by atoms with Crippen molar-refractivity contribution in [3.05, 3.63) is 36.4 Å². The van der Waals surface area contributed by atoms with E-state index in [1.165, 1.54) is 18.2 Å². The maximum atomic E-state index is 11.8. The van der Waals surface area contributed by atoms with Crippen LogP contribution in [-0.4, -0.2) is 15.0 Å². The fourth-order valence-electron chi connectivity index (χ4n) is 1.24. The van der Waals surface area contributed by atoms with E-state index in [-0.39, 0.29) is 17.1 Å². The van der Waals surface area contributed by atoms with Crippen LogP contribution in [0.15, 0.2) is 35.7 Å². The highest BCUT2D eigenvalue weighted by Crippen LogP contribution is 2.19. The zero-order valence-electron chi connectivity index (χ0n) is 9.18. The third-order valence-corrected chi connectivity index (χ3v) is 3.60. The van der Waals surface area contributed by atoms with E-state index in [0.29, 0.717) is 12.0 Å². The van der Waals surface area contributed by atoms with Crippen LogP contribution in [0.25, 0.3) is 0 Å². The zero-order chi connectivity index (χ0) is 12.9. The number of nitrogens with two attached hydrogens (primary N) is 1. The third kappa shape index (κ3) is 3.31. The van der Waals surface area contributed by atoms with Gasteiger partial charge in [-0.2, -0.15) is 5.26 Å². The smallest absolute Gasteiger partial charge is 0.242 e. The zero-order valence-corrected chi connectivity index (χ0v) is 10.00. The summed E-state index contributed by atoms with van der Waals surface area (Å²) in [7, 11) is -3.62. The standard InChI is InChI=1S/C11H13N3O2S/c1-2-3-6-14-17(15,16)11-5-4-9(8-12)7-10(11)13/h2,4-5,7,14H,1,3,6,13H2. The maximum Gasteiger partial charge on any atom is 0.242 e. The van der Waals surface area contributed by atoms with Crippen molar-refractivity contribution in [3.8, 4) is 6.07 Å². The molecule has 0 aromatic heterocycles. The van der Waals surface area contributed by atoms with Gasteiger partial charge < -0.3 is 5.73 Å². The molecule has 0 bridgehead atoms. The van der Waals surface area contributed by atoms with E-state index in [9.17, 15) is 8.42 Å². The van der Waals surface area contributed by atoms with E-state index in [1.54, 1.807) is 6.08 Å². The van der Waals surface area contributed by atoms with Gasteiger partial charge in [-0.3, -0.25) is 0 Å². The van der Waals surface area contributed by atoms with Gasteiger partial charge in [0, 0.05) is 6.54 Å². The number of rotatable bonds is 5. The third-order valence-electron chi connectivity index (χ3n) is 2.07. The first-order valence-corrected chi connectivity index (χ1v) is 6.40. The molecular weight excluding hydrogens is 238 g/mol. The van der Waals surface area contributed by atoms with E-state index < -0.39 is 10.0 Å². The molecule has 0 aliphatic rings. The van der Waals surface area contributed by atoms with Crippen LogP contribution in [-0.2, 0) is 10.0 Å². The van der Waals surface area contributed by atoms with Gasteiger partial charge in [-0.05, 0) is 24.6 Å². The summed E-state index contributed by atoms with van der Waals surface area (Å²) >= 11 is 0. The number of hydrogen-bond donors (Lipinski definition) is 2. The molecule has 0 saturated heterocycles. The first-order valence-electron chi connectivity index (χ1n) is 4.91. The second-order valence-electron chi connectivity index (χ2n) is 3.34. The number of benzene rings is 1. The normalized spacial score (nSPS) is 10.8. The van der Waals surface area contributed by atoms with Crippen LogP contribution in [0.2, 0.25) is 0 Å². The second-order valence-corrected chi connectivity index (χ2v) is 5.07. The molecule has 0 spiro atoms. The minimum atomic E-state index is -3.62. The summed E-state index contributed by atoms with van der Waals surface area (Å²) in [5.41, 5.74) is 5.99. The van der Waals surface area contributed by atoms with Gasteiger partial charge in [0.25, 0.3) is 0 Å². The molecule has 90 valence electrons. The summed E-state index contributed by atoms with van der Waals surface area (Å²) in [6.45, 7) is 3.77. The number of nitrogen functional groups attached to an aromatic ring is 1.